The molecule has 0 saturated carbocycles. The van der Waals surface area contributed by atoms with E-state index in [1.165, 1.54) is 152 Å². The van der Waals surface area contributed by atoms with Crippen LogP contribution in [0.3, 0.4) is 0 Å². The lowest BCUT2D eigenvalue weighted by atomic mass is 9.82. The van der Waals surface area contributed by atoms with E-state index in [-0.39, 0.29) is 5.41 Å². The van der Waals surface area contributed by atoms with E-state index in [0.717, 1.165) is 72.5 Å². The molecular formula is C131H84N10. The van der Waals surface area contributed by atoms with Crippen LogP contribution in [0.4, 0.5) is 0 Å². The third-order valence-corrected chi connectivity index (χ3v) is 28.2. The van der Waals surface area contributed by atoms with Gasteiger partial charge in [0.25, 0.3) is 0 Å². The van der Waals surface area contributed by atoms with Gasteiger partial charge in [0.15, 0.2) is 52.4 Å². The van der Waals surface area contributed by atoms with Gasteiger partial charge in [0.1, 0.15) is 0 Å². The summed E-state index contributed by atoms with van der Waals surface area (Å²) in [6, 6.07) is 165. The van der Waals surface area contributed by atoms with Gasteiger partial charge in [-0.3, -0.25) is 4.98 Å². The Labute approximate surface area is 813 Å². The number of aromatic nitrogens is 10. The average molecular weight is 1800 g/mol. The number of benzene rings is 23. The van der Waals surface area contributed by atoms with Gasteiger partial charge in [0.05, 0.1) is 5.69 Å². The Balaban J connectivity index is 0.000000109. The zero-order chi connectivity index (χ0) is 93.6. The molecule has 1 aliphatic carbocycles. The molecule has 0 atom stereocenters. The lowest BCUT2D eigenvalue weighted by Gasteiger charge is -2.21. The van der Waals surface area contributed by atoms with Crippen molar-refractivity contribution >= 4 is 129 Å². The highest BCUT2D eigenvalue weighted by atomic mass is 15.1. The Morgan fingerprint density at radius 3 is 0.844 bits per heavy atom. The summed E-state index contributed by atoms with van der Waals surface area (Å²) in [4.78, 5) is 49.9. The molecule has 1 aliphatic rings. The van der Waals surface area contributed by atoms with Crippen LogP contribution in [0.1, 0.15) is 25.0 Å². The quantitative estimate of drug-likeness (QED) is 0.115. The summed E-state index contributed by atoms with van der Waals surface area (Å²) in [7, 11) is 0. The van der Waals surface area contributed by atoms with E-state index < -0.39 is 0 Å². The van der Waals surface area contributed by atoms with E-state index in [2.05, 4.69) is 335 Å². The van der Waals surface area contributed by atoms with Gasteiger partial charge in [-0.25, -0.2) is 44.9 Å². The maximum atomic E-state index is 5.25. The number of rotatable bonds is 11. The first-order valence-electron chi connectivity index (χ1n) is 47.8. The Kier molecular flexibility index (Phi) is 20.4. The zero-order valence-electron chi connectivity index (χ0n) is 77.0. The molecular weight excluding hydrogens is 1710 g/mol. The average Bonchev–Trinajstić information content (AvgIpc) is 1.63. The van der Waals surface area contributed by atoms with Crippen LogP contribution in [0.5, 0.6) is 0 Å². The molecule has 0 radical (unpaired) electrons. The summed E-state index contributed by atoms with van der Waals surface area (Å²) in [6.45, 7) is 4.61. The second-order valence-corrected chi connectivity index (χ2v) is 36.8. The highest BCUT2D eigenvalue weighted by molar-refractivity contribution is 6.26. The van der Waals surface area contributed by atoms with Crippen molar-refractivity contribution in [3.63, 3.8) is 0 Å². The maximum absolute atomic E-state index is 5.25. The van der Waals surface area contributed by atoms with Crippen molar-refractivity contribution in [1.29, 1.82) is 0 Å². The summed E-state index contributed by atoms with van der Waals surface area (Å²) in [5, 5.41) is 30.0. The highest BCUT2D eigenvalue weighted by Crippen LogP contribution is 2.53. The van der Waals surface area contributed by atoms with Crippen LogP contribution in [-0.4, -0.2) is 49.8 Å². The molecule has 23 aromatic carbocycles. The van der Waals surface area contributed by atoms with E-state index in [0.29, 0.717) is 52.4 Å². The Morgan fingerprint density at radius 1 is 0.149 bits per heavy atom. The van der Waals surface area contributed by atoms with Crippen LogP contribution >= 0.6 is 0 Å². The zero-order valence-corrected chi connectivity index (χ0v) is 77.0. The fraction of sp³-hybridized carbons (Fsp3) is 0.0229. The van der Waals surface area contributed by atoms with Crippen LogP contribution in [0.15, 0.2) is 473 Å². The van der Waals surface area contributed by atoms with Crippen LogP contribution in [0.2, 0.25) is 0 Å². The SMILES string of the molecule is CC1(C)c2ccccc2-c2c(-c3nc(-c4ccccc4)nc(-c4ccc5ccc6c(ccc7c8ccccc8ccc76)c5c4)n3)cccc21.c1ccc(-c2nc(-c3ccccc3)nc(-c3ccc(-c4ccc5ccc6c(ccc7c8ccccc8ccc76)c5c4)nc3)n2)cc1.c1ccc(-c2nc(-c3ccccc3)nc(-c3ccccc3-c3ccc4c(ccc5c4ccc4c6ccccc6ccc45)c3)n2)cc1. The highest BCUT2D eigenvalue weighted by Gasteiger charge is 2.37. The summed E-state index contributed by atoms with van der Waals surface area (Å²) < 4.78 is 0. The molecule has 658 valence electrons. The van der Waals surface area contributed by atoms with E-state index in [1.54, 1.807) is 0 Å². The van der Waals surface area contributed by atoms with Gasteiger partial charge >= 0.3 is 0 Å². The molecule has 0 aliphatic heterocycles. The molecule has 0 amide bonds. The van der Waals surface area contributed by atoms with Gasteiger partial charge in [-0.05, 0) is 193 Å². The predicted octanol–water partition coefficient (Wildman–Crippen LogP) is 33.5. The summed E-state index contributed by atoms with van der Waals surface area (Å²) >= 11 is 0. The molecule has 0 saturated heterocycles. The van der Waals surface area contributed by atoms with Crippen molar-refractivity contribution in [3.8, 4) is 136 Å². The second kappa shape index (κ2) is 34.6. The van der Waals surface area contributed by atoms with Crippen molar-refractivity contribution in [1.82, 2.24) is 49.8 Å². The first kappa shape index (κ1) is 83.0. The molecule has 0 spiro atoms. The van der Waals surface area contributed by atoms with Gasteiger partial charge in [-0.2, -0.15) is 0 Å². The van der Waals surface area contributed by atoms with Crippen molar-refractivity contribution in [3.05, 3.63) is 484 Å². The Morgan fingerprint density at radius 2 is 0.418 bits per heavy atom. The largest absolute Gasteiger partial charge is 0.255 e. The molecule has 28 rings (SSSR count). The van der Waals surface area contributed by atoms with Crippen LogP contribution in [0.25, 0.3) is 265 Å². The Hall–Kier alpha value is -18.6. The van der Waals surface area contributed by atoms with Crippen LogP contribution in [-0.2, 0) is 5.41 Å². The molecule has 27 aromatic rings. The van der Waals surface area contributed by atoms with Gasteiger partial charge in [-0.1, -0.05) is 451 Å². The number of fused-ring (bicyclic) bond motifs is 24. The molecule has 0 unspecified atom stereocenters. The third-order valence-electron chi connectivity index (χ3n) is 28.2. The van der Waals surface area contributed by atoms with Gasteiger partial charge < -0.3 is 0 Å². The minimum Gasteiger partial charge on any atom is -0.255 e. The normalized spacial score (nSPS) is 12.1. The molecule has 0 N–H and O–H groups in total. The lowest BCUT2D eigenvalue weighted by Crippen LogP contribution is -2.14. The van der Waals surface area contributed by atoms with Crippen molar-refractivity contribution < 1.29 is 0 Å². The lowest BCUT2D eigenvalue weighted by molar-refractivity contribution is 0.660. The topological polar surface area (TPSA) is 129 Å². The third kappa shape index (κ3) is 14.9. The summed E-state index contributed by atoms with van der Waals surface area (Å²) in [5.41, 5.74) is 17.7. The molecule has 4 aromatic heterocycles. The van der Waals surface area contributed by atoms with Crippen molar-refractivity contribution in [2.75, 3.05) is 0 Å². The molecule has 10 nitrogen and oxygen atoms in total. The van der Waals surface area contributed by atoms with E-state index in [4.69, 9.17) is 49.8 Å². The molecule has 0 fully saturated rings. The van der Waals surface area contributed by atoms with E-state index in [1.807, 2.05) is 152 Å². The second-order valence-electron chi connectivity index (χ2n) is 36.8. The molecule has 0 bridgehead atoms. The standard InChI is InChI=1S/C46H31N3.C43H27N3.C42H26N4/c1-46(2)40-17-9-8-15-37(40)42-38(16-10-18-41(42)46)45-48-43(30-12-4-3-5-13-30)47-44(49-45)31-20-19-29-22-24-35-34-23-21-28-11-6-7-14-32(28)33(34)25-26-36(35)39(29)27-31;1-3-12-29(13-4-1)41-44-42(30-14-5-2-6-15-30)46-43(45-41)40-18-10-9-17-34(40)31-20-22-35-32(27-31)21-24-39-37(35)26-25-36-33-16-8-7-11-28(33)19-23-38(36)39;1-3-10-29(11-4-1)40-44-41(30-12-5-2-6-13-30)46-42(45-40)32-19-24-39(43-26-32)31-16-15-28-18-21-36-35-20-17-27-9-7-8-14-33(27)34(35)22-23-37(36)38(28)25-31/h3-27H,1-2H3;1-27H;1-26H. The molecule has 141 heavy (non-hydrogen) atoms. The number of hydrogen-bond acceptors (Lipinski definition) is 10. The fourth-order valence-electron chi connectivity index (χ4n) is 21.2. The minimum atomic E-state index is -0.115. The van der Waals surface area contributed by atoms with Crippen molar-refractivity contribution in [2.45, 2.75) is 19.3 Å². The fourth-order valence-corrected chi connectivity index (χ4v) is 21.2. The van der Waals surface area contributed by atoms with Gasteiger partial charge in [0, 0.05) is 67.2 Å². The van der Waals surface area contributed by atoms with Crippen LogP contribution < -0.4 is 0 Å². The number of pyridine rings is 1. The summed E-state index contributed by atoms with van der Waals surface area (Å²) in [5.74, 6) is 5.84. The first-order valence-corrected chi connectivity index (χ1v) is 47.8. The van der Waals surface area contributed by atoms with E-state index in [9.17, 15) is 0 Å². The van der Waals surface area contributed by atoms with Gasteiger partial charge in [-0.15, -0.1) is 0 Å². The van der Waals surface area contributed by atoms with Crippen molar-refractivity contribution in [2.24, 2.45) is 0 Å². The number of nitrogens with zero attached hydrogens (tertiary/aromatic N) is 10. The smallest absolute Gasteiger partial charge is 0.165 e. The molecule has 4 heterocycles. The van der Waals surface area contributed by atoms with E-state index >= 15 is 0 Å². The maximum Gasteiger partial charge on any atom is 0.165 e. The predicted molar refractivity (Wildman–Crippen MR) is 585 cm³/mol. The van der Waals surface area contributed by atoms with Crippen LogP contribution in [0, 0.1) is 0 Å². The monoisotopic (exact) mass is 1800 g/mol. The molecule has 10 heteroatoms. The van der Waals surface area contributed by atoms with Gasteiger partial charge in [0.2, 0.25) is 0 Å². The minimum absolute atomic E-state index is 0.115. The number of hydrogen-bond donors (Lipinski definition) is 0. The Bertz CT molecular complexity index is 9590. The first-order chi connectivity index (χ1) is 69.6. The summed E-state index contributed by atoms with van der Waals surface area (Å²) in [6.07, 6.45) is 1.86.